The molecule has 0 aromatic heterocycles. The van der Waals surface area contributed by atoms with Crippen LogP contribution in [0.1, 0.15) is 19.8 Å². The second-order valence-corrected chi connectivity index (χ2v) is 4.16. The summed E-state index contributed by atoms with van der Waals surface area (Å²) in [6.07, 6.45) is 2.05. The molecule has 1 aliphatic rings. The number of hydrogen-bond acceptors (Lipinski definition) is 4. The molecule has 0 aliphatic carbocycles. The second kappa shape index (κ2) is 6.50. The summed E-state index contributed by atoms with van der Waals surface area (Å²) in [7, 11) is 1.98. The van der Waals surface area contributed by atoms with Crippen LogP contribution in [0.15, 0.2) is 12.3 Å². The molecule has 0 radical (unpaired) electrons. The first-order valence-electron chi connectivity index (χ1n) is 5.62. The number of likely N-dealkylation sites (N-methyl/N-ethyl adjacent to an activating group) is 1. The van der Waals surface area contributed by atoms with Gasteiger partial charge < -0.3 is 5.32 Å². The molecule has 0 spiro atoms. The fraction of sp³-hybridized carbons (Fsp3) is 0.727. The van der Waals surface area contributed by atoms with Crippen molar-refractivity contribution in [2.45, 2.75) is 25.8 Å². The lowest BCUT2D eigenvalue weighted by Crippen LogP contribution is -2.42. The highest BCUT2D eigenvalue weighted by Gasteiger charge is 2.27. The summed E-state index contributed by atoms with van der Waals surface area (Å²) < 4.78 is 0. The number of hydrogen-bond donors (Lipinski definition) is 2. The lowest BCUT2D eigenvalue weighted by atomic mass is 10.2. The zero-order valence-corrected chi connectivity index (χ0v) is 10.1. The maximum atomic E-state index is 11.7. The van der Waals surface area contributed by atoms with E-state index in [1.807, 2.05) is 14.0 Å². The van der Waals surface area contributed by atoms with Gasteiger partial charge >= 0.3 is 0 Å². The number of hydroxylamine groups is 1. The molecule has 1 atom stereocenters. The Bertz CT molecular complexity index is 256. The number of carbonyl (C=O) groups is 1. The van der Waals surface area contributed by atoms with E-state index in [-0.39, 0.29) is 11.9 Å². The number of nitrogens with one attached hydrogen (secondary N) is 2. The minimum Gasteiger partial charge on any atom is -0.352 e. The van der Waals surface area contributed by atoms with Gasteiger partial charge in [0.1, 0.15) is 0 Å². The summed E-state index contributed by atoms with van der Waals surface area (Å²) in [5, 5.41) is 2.85. The number of likely N-dealkylation sites (tertiary alicyclic amines) is 1. The third-order valence-electron chi connectivity index (χ3n) is 2.57. The number of amides is 1. The summed E-state index contributed by atoms with van der Waals surface area (Å²) in [6.45, 7) is 7.40. The van der Waals surface area contributed by atoms with E-state index in [1.54, 1.807) is 0 Å². The van der Waals surface area contributed by atoms with Gasteiger partial charge in [-0.05, 0) is 33.4 Å². The Morgan fingerprint density at radius 3 is 2.94 bits per heavy atom. The van der Waals surface area contributed by atoms with Gasteiger partial charge in [0, 0.05) is 12.2 Å². The number of nitrogens with zero attached hydrogens (tertiary/aromatic N) is 1. The predicted octanol–water partition coefficient (Wildman–Crippen LogP) is 0.252. The molecule has 5 heteroatoms. The smallest absolute Gasteiger partial charge is 0.237 e. The predicted molar refractivity (Wildman–Crippen MR) is 62.6 cm³/mol. The number of carbonyl (C=O) groups excluding carboxylic acids is 1. The van der Waals surface area contributed by atoms with Crippen LogP contribution in [0.3, 0.4) is 0 Å². The molecule has 16 heavy (non-hydrogen) atoms. The van der Waals surface area contributed by atoms with Gasteiger partial charge in [0.05, 0.1) is 12.6 Å². The molecule has 1 saturated heterocycles. The highest BCUT2D eigenvalue weighted by molar-refractivity contribution is 5.81. The third-order valence-corrected chi connectivity index (χ3v) is 2.57. The van der Waals surface area contributed by atoms with Crippen molar-refractivity contribution in [3.63, 3.8) is 0 Å². The van der Waals surface area contributed by atoms with Crippen LogP contribution in [0.25, 0.3) is 0 Å². The summed E-state index contributed by atoms with van der Waals surface area (Å²) in [5.41, 5.74) is 3.39. The Kier molecular flexibility index (Phi) is 5.28. The maximum Gasteiger partial charge on any atom is 0.237 e. The van der Waals surface area contributed by atoms with Gasteiger partial charge in [0.2, 0.25) is 5.91 Å². The highest BCUT2D eigenvalue weighted by atomic mass is 16.6. The van der Waals surface area contributed by atoms with E-state index in [0.717, 1.165) is 25.1 Å². The first kappa shape index (κ1) is 13.0. The summed E-state index contributed by atoms with van der Waals surface area (Å²) in [5.74, 6) is 0.0962. The van der Waals surface area contributed by atoms with Crippen LogP contribution in [0.2, 0.25) is 0 Å². The van der Waals surface area contributed by atoms with Gasteiger partial charge in [-0.1, -0.05) is 6.58 Å². The van der Waals surface area contributed by atoms with E-state index < -0.39 is 0 Å². The van der Waals surface area contributed by atoms with Crippen molar-refractivity contribution in [2.75, 3.05) is 26.7 Å². The highest BCUT2D eigenvalue weighted by Crippen LogP contribution is 2.14. The molecule has 0 aromatic rings. The third kappa shape index (κ3) is 4.20. The molecular formula is C11H21N3O2. The van der Waals surface area contributed by atoms with Crippen LogP contribution in [-0.4, -0.2) is 43.6 Å². The van der Waals surface area contributed by atoms with Crippen LogP contribution in [-0.2, 0) is 9.63 Å². The van der Waals surface area contributed by atoms with E-state index in [2.05, 4.69) is 22.3 Å². The topological polar surface area (TPSA) is 53.6 Å². The Labute approximate surface area is 96.8 Å². The Morgan fingerprint density at radius 2 is 2.38 bits per heavy atom. The van der Waals surface area contributed by atoms with Gasteiger partial charge in [0.25, 0.3) is 0 Å². The average molecular weight is 227 g/mol. The molecule has 0 unspecified atom stereocenters. The molecular weight excluding hydrogens is 206 g/mol. The van der Waals surface area contributed by atoms with E-state index in [1.165, 1.54) is 0 Å². The van der Waals surface area contributed by atoms with Gasteiger partial charge in [-0.15, -0.1) is 0 Å². The Hall–Kier alpha value is -1.07. The Balaban J connectivity index is 2.08. The monoisotopic (exact) mass is 227 g/mol. The Morgan fingerprint density at radius 1 is 1.62 bits per heavy atom. The SMILES string of the molecule is C=C(C)NOCCNC(=O)[C@@H]1CCCN1C. The van der Waals surface area contributed by atoms with Crippen molar-refractivity contribution < 1.29 is 9.63 Å². The fourth-order valence-corrected chi connectivity index (χ4v) is 1.76. The van der Waals surface area contributed by atoms with Crippen LogP contribution in [0.5, 0.6) is 0 Å². The van der Waals surface area contributed by atoms with Gasteiger partial charge in [0.15, 0.2) is 0 Å². The maximum absolute atomic E-state index is 11.7. The van der Waals surface area contributed by atoms with Crippen molar-refractivity contribution in [3.8, 4) is 0 Å². The first-order chi connectivity index (χ1) is 7.61. The molecule has 2 N–H and O–H groups in total. The molecule has 1 heterocycles. The average Bonchev–Trinajstić information content (AvgIpc) is 2.63. The van der Waals surface area contributed by atoms with Crippen molar-refractivity contribution in [1.29, 1.82) is 0 Å². The number of rotatable bonds is 6. The van der Waals surface area contributed by atoms with Crippen molar-refractivity contribution in [3.05, 3.63) is 12.3 Å². The fourth-order valence-electron chi connectivity index (χ4n) is 1.76. The van der Waals surface area contributed by atoms with Gasteiger partial charge in [-0.2, -0.15) is 0 Å². The van der Waals surface area contributed by atoms with E-state index in [0.29, 0.717) is 13.2 Å². The molecule has 92 valence electrons. The number of allylic oxidation sites excluding steroid dienone is 1. The molecule has 5 nitrogen and oxygen atoms in total. The van der Waals surface area contributed by atoms with Gasteiger partial charge in [-0.25, -0.2) is 0 Å². The largest absolute Gasteiger partial charge is 0.352 e. The molecule has 1 aliphatic heterocycles. The lowest BCUT2D eigenvalue weighted by molar-refractivity contribution is -0.125. The normalized spacial score (nSPS) is 20.8. The molecule has 1 amide bonds. The summed E-state index contributed by atoms with van der Waals surface area (Å²) in [4.78, 5) is 18.8. The van der Waals surface area contributed by atoms with Crippen LogP contribution in [0, 0.1) is 0 Å². The summed E-state index contributed by atoms with van der Waals surface area (Å²) in [6, 6.07) is 0.0362. The van der Waals surface area contributed by atoms with Crippen molar-refractivity contribution in [1.82, 2.24) is 15.7 Å². The van der Waals surface area contributed by atoms with E-state index in [9.17, 15) is 4.79 Å². The molecule has 0 aromatic carbocycles. The van der Waals surface area contributed by atoms with Crippen molar-refractivity contribution in [2.24, 2.45) is 0 Å². The quantitative estimate of drug-likeness (QED) is 0.504. The minimum atomic E-state index is 0.0362. The lowest BCUT2D eigenvalue weighted by Gasteiger charge is -2.18. The standard InChI is InChI=1S/C11H21N3O2/c1-9(2)13-16-8-6-12-11(15)10-5-4-7-14(10)3/h10,13H,1,4-8H2,2-3H3,(H,12,15)/t10-/m0/s1. The molecule has 0 bridgehead atoms. The second-order valence-electron chi connectivity index (χ2n) is 4.16. The molecule has 1 fully saturated rings. The summed E-state index contributed by atoms with van der Waals surface area (Å²) >= 11 is 0. The van der Waals surface area contributed by atoms with Crippen LogP contribution < -0.4 is 10.8 Å². The first-order valence-corrected chi connectivity index (χ1v) is 5.62. The molecule has 0 saturated carbocycles. The van der Waals surface area contributed by atoms with Crippen LogP contribution in [0.4, 0.5) is 0 Å². The van der Waals surface area contributed by atoms with E-state index in [4.69, 9.17) is 4.84 Å². The van der Waals surface area contributed by atoms with Crippen LogP contribution >= 0.6 is 0 Å². The minimum absolute atomic E-state index is 0.0362. The van der Waals surface area contributed by atoms with Crippen molar-refractivity contribution >= 4 is 5.91 Å². The van der Waals surface area contributed by atoms with Gasteiger partial charge in [-0.3, -0.25) is 20.0 Å². The zero-order chi connectivity index (χ0) is 12.0. The zero-order valence-electron chi connectivity index (χ0n) is 10.1. The molecule has 1 rings (SSSR count). The van der Waals surface area contributed by atoms with E-state index >= 15 is 0 Å².